The minimum atomic E-state index is -2.92. The van der Waals surface area contributed by atoms with Crippen LogP contribution in [0, 0.1) is 0 Å². The maximum atomic E-state index is 11.2. The van der Waals surface area contributed by atoms with E-state index in [0.717, 1.165) is 40.7 Å². The van der Waals surface area contributed by atoms with Gasteiger partial charge in [-0.15, -0.1) is 0 Å². The van der Waals surface area contributed by atoms with Gasteiger partial charge < -0.3 is 14.8 Å². The Morgan fingerprint density at radius 3 is 2.43 bits per heavy atom. The molecule has 0 aliphatic carbocycles. The average Bonchev–Trinajstić information content (AvgIpc) is 2.88. The van der Waals surface area contributed by atoms with Crippen molar-refractivity contribution in [1.29, 1.82) is 0 Å². The summed E-state index contributed by atoms with van der Waals surface area (Å²) in [5.41, 5.74) is 8.91. The predicted octanol–water partition coefficient (Wildman–Crippen LogP) is 5.22. The maximum Gasteiger partial charge on any atom is 0.147 e. The fourth-order valence-corrected chi connectivity index (χ4v) is 4.57. The predicted molar refractivity (Wildman–Crippen MR) is 147 cm³/mol. The normalized spacial score (nSPS) is 12.3. The Morgan fingerprint density at radius 1 is 0.919 bits per heavy atom. The van der Waals surface area contributed by atoms with E-state index in [1.165, 1.54) is 12.6 Å². The van der Waals surface area contributed by atoms with Gasteiger partial charge in [-0.1, -0.05) is 36.8 Å². The lowest BCUT2D eigenvalue weighted by molar-refractivity contribution is 0.195. The SMILES string of the molecule is CS(=O)(=O)CCCCCC(N)Oc1ccc2ncnc(Nc3ccc(OCc4ccccc4)cc3)c2c1. The number of ether oxygens (including phenoxy) is 2. The summed E-state index contributed by atoms with van der Waals surface area (Å²) in [4.78, 5) is 8.78. The summed E-state index contributed by atoms with van der Waals surface area (Å²) in [6, 6.07) is 23.3. The van der Waals surface area contributed by atoms with E-state index in [1.807, 2.05) is 72.8 Å². The highest BCUT2D eigenvalue weighted by molar-refractivity contribution is 7.90. The van der Waals surface area contributed by atoms with Crippen LogP contribution < -0.4 is 20.5 Å². The molecule has 0 fully saturated rings. The number of rotatable bonds is 13. The second-order valence-corrected chi connectivity index (χ2v) is 11.2. The van der Waals surface area contributed by atoms with E-state index in [1.54, 1.807) is 0 Å². The molecule has 1 unspecified atom stereocenters. The molecular formula is C28H32N4O4S. The van der Waals surface area contributed by atoms with Crippen molar-refractivity contribution >= 4 is 32.2 Å². The number of aromatic nitrogens is 2. The molecule has 1 aromatic heterocycles. The van der Waals surface area contributed by atoms with Gasteiger partial charge in [0.15, 0.2) is 0 Å². The Balaban J connectivity index is 1.35. The van der Waals surface area contributed by atoms with E-state index in [2.05, 4.69) is 15.3 Å². The molecule has 194 valence electrons. The number of fused-ring (bicyclic) bond motifs is 1. The number of nitrogens with zero attached hydrogens (tertiary/aromatic N) is 2. The largest absolute Gasteiger partial charge is 0.489 e. The van der Waals surface area contributed by atoms with Crippen molar-refractivity contribution in [3.8, 4) is 11.5 Å². The highest BCUT2D eigenvalue weighted by Crippen LogP contribution is 2.28. The monoisotopic (exact) mass is 520 g/mol. The second-order valence-electron chi connectivity index (χ2n) is 8.96. The van der Waals surface area contributed by atoms with Crippen LogP contribution in [0.15, 0.2) is 79.1 Å². The highest BCUT2D eigenvalue weighted by Gasteiger charge is 2.10. The molecule has 0 saturated heterocycles. The molecule has 0 spiro atoms. The number of nitrogens with two attached hydrogens (primary N) is 1. The summed E-state index contributed by atoms with van der Waals surface area (Å²) in [5, 5.41) is 4.16. The third-order valence-corrected chi connectivity index (χ3v) is 6.79. The van der Waals surface area contributed by atoms with Crippen LogP contribution >= 0.6 is 0 Å². The van der Waals surface area contributed by atoms with Crippen LogP contribution in [0.25, 0.3) is 10.9 Å². The quantitative estimate of drug-likeness (QED) is 0.182. The number of hydrogen-bond acceptors (Lipinski definition) is 8. The van der Waals surface area contributed by atoms with Crippen LogP contribution in [0.2, 0.25) is 0 Å². The van der Waals surface area contributed by atoms with Gasteiger partial charge in [-0.2, -0.15) is 0 Å². The number of sulfone groups is 1. The lowest BCUT2D eigenvalue weighted by Crippen LogP contribution is -2.26. The zero-order valence-electron chi connectivity index (χ0n) is 20.8. The zero-order chi connectivity index (χ0) is 26.1. The van der Waals surface area contributed by atoms with Crippen molar-refractivity contribution in [3.63, 3.8) is 0 Å². The summed E-state index contributed by atoms with van der Waals surface area (Å²) < 4.78 is 34.3. The van der Waals surface area contributed by atoms with Gasteiger partial charge >= 0.3 is 0 Å². The van der Waals surface area contributed by atoms with E-state index >= 15 is 0 Å². The molecule has 0 aliphatic rings. The van der Waals surface area contributed by atoms with Crippen molar-refractivity contribution in [2.24, 2.45) is 5.73 Å². The van der Waals surface area contributed by atoms with Gasteiger partial charge in [0.05, 0.1) is 5.52 Å². The topological polar surface area (TPSA) is 116 Å². The number of anilines is 2. The molecule has 1 heterocycles. The smallest absolute Gasteiger partial charge is 0.147 e. The number of hydrogen-bond donors (Lipinski definition) is 2. The molecule has 4 aromatic rings. The van der Waals surface area contributed by atoms with Gasteiger partial charge in [-0.3, -0.25) is 5.73 Å². The standard InChI is InChI=1S/C28H32N4O4S/c1-37(33,34)17-7-3-6-10-27(29)36-24-15-16-26-25(18-24)28(31-20-30-26)32-22-11-13-23(14-12-22)35-19-21-8-4-2-5-9-21/h2,4-5,8-9,11-16,18,20,27H,3,6-7,10,17,19,29H2,1H3,(H,30,31,32). The van der Waals surface area contributed by atoms with Gasteiger partial charge in [0, 0.05) is 23.1 Å². The summed E-state index contributed by atoms with van der Waals surface area (Å²) >= 11 is 0. The van der Waals surface area contributed by atoms with Gasteiger partial charge in [0.25, 0.3) is 0 Å². The van der Waals surface area contributed by atoms with Gasteiger partial charge in [-0.25, -0.2) is 18.4 Å². The molecule has 1 atom stereocenters. The summed E-state index contributed by atoms with van der Waals surface area (Å²) in [6.07, 6.45) is 5.14. The molecule has 0 saturated carbocycles. The Kier molecular flexibility index (Phi) is 8.92. The van der Waals surface area contributed by atoms with E-state index in [-0.39, 0.29) is 5.75 Å². The van der Waals surface area contributed by atoms with Crippen LogP contribution in [0.4, 0.5) is 11.5 Å². The fourth-order valence-electron chi connectivity index (χ4n) is 3.84. The highest BCUT2D eigenvalue weighted by atomic mass is 32.2. The fraction of sp³-hybridized carbons (Fsp3) is 0.286. The molecule has 8 nitrogen and oxygen atoms in total. The average molecular weight is 521 g/mol. The summed E-state index contributed by atoms with van der Waals surface area (Å²) in [7, 11) is -2.92. The van der Waals surface area contributed by atoms with E-state index in [0.29, 0.717) is 31.0 Å². The number of nitrogens with one attached hydrogen (secondary N) is 1. The Morgan fingerprint density at radius 2 is 1.68 bits per heavy atom. The molecule has 3 N–H and O–H groups in total. The van der Waals surface area contributed by atoms with Crippen molar-refractivity contribution in [3.05, 3.63) is 84.7 Å². The molecular weight excluding hydrogens is 488 g/mol. The van der Waals surface area contributed by atoms with Crippen LogP contribution in [0.1, 0.15) is 31.2 Å². The van der Waals surface area contributed by atoms with E-state index < -0.39 is 16.1 Å². The first-order chi connectivity index (χ1) is 17.9. The van der Waals surface area contributed by atoms with Gasteiger partial charge in [0.2, 0.25) is 0 Å². The van der Waals surface area contributed by atoms with Crippen LogP contribution in [-0.2, 0) is 16.4 Å². The van der Waals surface area contributed by atoms with Crippen molar-refractivity contribution in [2.75, 3.05) is 17.3 Å². The van der Waals surface area contributed by atoms with Crippen molar-refractivity contribution in [1.82, 2.24) is 9.97 Å². The summed E-state index contributed by atoms with van der Waals surface area (Å²) in [5.74, 6) is 2.26. The minimum Gasteiger partial charge on any atom is -0.489 e. The minimum absolute atomic E-state index is 0.201. The van der Waals surface area contributed by atoms with Gasteiger partial charge in [-0.05, 0) is 67.3 Å². The Hall–Kier alpha value is -3.69. The maximum absolute atomic E-state index is 11.2. The lowest BCUT2D eigenvalue weighted by Gasteiger charge is -2.15. The first-order valence-corrected chi connectivity index (χ1v) is 14.3. The molecule has 0 radical (unpaired) electrons. The van der Waals surface area contributed by atoms with E-state index in [4.69, 9.17) is 15.2 Å². The Bertz CT molecular complexity index is 1400. The number of benzene rings is 3. The molecule has 9 heteroatoms. The number of unbranched alkanes of at least 4 members (excludes halogenated alkanes) is 2. The van der Waals surface area contributed by atoms with Crippen LogP contribution in [-0.4, -0.2) is 36.6 Å². The molecule has 0 aliphatic heterocycles. The van der Waals surface area contributed by atoms with Crippen LogP contribution in [0.3, 0.4) is 0 Å². The summed E-state index contributed by atoms with van der Waals surface area (Å²) in [6.45, 7) is 0.510. The molecule has 4 rings (SSSR count). The third-order valence-electron chi connectivity index (χ3n) is 5.76. The molecule has 37 heavy (non-hydrogen) atoms. The lowest BCUT2D eigenvalue weighted by atomic mass is 10.2. The van der Waals surface area contributed by atoms with Crippen molar-refractivity contribution in [2.45, 2.75) is 38.5 Å². The second kappa shape index (κ2) is 12.5. The molecule has 0 bridgehead atoms. The zero-order valence-corrected chi connectivity index (χ0v) is 21.7. The first kappa shape index (κ1) is 26.4. The van der Waals surface area contributed by atoms with Crippen molar-refractivity contribution < 1.29 is 17.9 Å². The Labute approximate surface area is 217 Å². The van der Waals surface area contributed by atoms with E-state index in [9.17, 15) is 8.42 Å². The third kappa shape index (κ3) is 8.44. The molecule has 0 amide bonds. The van der Waals surface area contributed by atoms with Gasteiger partial charge in [0.1, 0.15) is 46.3 Å². The van der Waals surface area contributed by atoms with Crippen LogP contribution in [0.5, 0.6) is 11.5 Å². The first-order valence-electron chi connectivity index (χ1n) is 12.2. The molecule has 3 aromatic carbocycles.